The average molecular weight is 216 g/mol. The molecule has 0 amide bonds. The molecule has 0 fully saturated rings. The summed E-state index contributed by atoms with van der Waals surface area (Å²) < 4.78 is 0. The fraction of sp³-hybridized carbons (Fsp3) is 0.375. The van der Waals surface area contributed by atoms with Crippen LogP contribution in [-0.2, 0) is 0 Å². The van der Waals surface area contributed by atoms with Crippen molar-refractivity contribution in [2.45, 2.75) is 40.5 Å². The lowest BCUT2D eigenvalue weighted by Crippen LogP contribution is -1.92. The number of rotatable bonds is 3. The maximum atomic E-state index is 4.05. The molecule has 0 aliphatic heterocycles. The maximum Gasteiger partial charge on any atom is -0.0236 e. The summed E-state index contributed by atoms with van der Waals surface area (Å²) in [4.78, 5) is 0. The number of allylic oxidation sites excluding steroid dienone is 8. The highest BCUT2D eigenvalue weighted by Crippen LogP contribution is 2.23. The first-order chi connectivity index (χ1) is 7.59. The zero-order valence-corrected chi connectivity index (χ0v) is 11.1. The molecule has 0 unspecified atom stereocenters. The molecule has 1 aliphatic rings. The Morgan fingerprint density at radius 1 is 1.12 bits per heavy atom. The van der Waals surface area contributed by atoms with Gasteiger partial charge in [-0.3, -0.25) is 0 Å². The lowest BCUT2D eigenvalue weighted by atomic mass is 9.94. The van der Waals surface area contributed by atoms with Gasteiger partial charge in [-0.25, -0.2) is 0 Å². The van der Waals surface area contributed by atoms with Crippen molar-refractivity contribution in [3.63, 3.8) is 0 Å². The Morgan fingerprint density at radius 2 is 1.75 bits per heavy atom. The quantitative estimate of drug-likeness (QED) is 0.556. The van der Waals surface area contributed by atoms with Gasteiger partial charge in [0.2, 0.25) is 0 Å². The summed E-state index contributed by atoms with van der Waals surface area (Å²) in [5.74, 6) is 0. The molecule has 0 radical (unpaired) electrons. The zero-order chi connectivity index (χ0) is 12.6. The summed E-state index contributed by atoms with van der Waals surface area (Å²) in [6, 6.07) is 0. The SMILES string of the molecule is C=C(C)/C=C\C(=C)C1=CC=C(C)CC1.CC. The Balaban J connectivity index is 0.00000106. The molecule has 0 bridgehead atoms. The standard InChI is InChI=1S/C14H18.C2H6/c1-11(2)5-8-13(4)14-9-6-12(3)7-10-14;1-2/h5-6,8-9H,1,4,7,10H2,2-3H3;1-2H3/b8-5-;. The molecule has 1 aliphatic carbocycles. The Morgan fingerprint density at radius 3 is 2.19 bits per heavy atom. The van der Waals surface area contributed by atoms with Crippen molar-refractivity contribution in [2.75, 3.05) is 0 Å². The van der Waals surface area contributed by atoms with Crippen molar-refractivity contribution in [3.05, 3.63) is 59.8 Å². The van der Waals surface area contributed by atoms with Crippen molar-refractivity contribution in [1.29, 1.82) is 0 Å². The lowest BCUT2D eigenvalue weighted by molar-refractivity contribution is 0.919. The van der Waals surface area contributed by atoms with Crippen LogP contribution in [-0.4, -0.2) is 0 Å². The number of hydrogen-bond acceptors (Lipinski definition) is 0. The predicted molar refractivity (Wildman–Crippen MR) is 75.5 cm³/mol. The van der Waals surface area contributed by atoms with E-state index in [1.807, 2.05) is 32.9 Å². The van der Waals surface area contributed by atoms with Gasteiger partial charge in [0.25, 0.3) is 0 Å². The highest BCUT2D eigenvalue weighted by molar-refractivity contribution is 5.43. The molecule has 0 atom stereocenters. The molecule has 0 spiro atoms. The smallest absolute Gasteiger partial charge is 0.0236 e. The van der Waals surface area contributed by atoms with Crippen molar-refractivity contribution >= 4 is 0 Å². The third-order valence-corrected chi connectivity index (χ3v) is 2.34. The van der Waals surface area contributed by atoms with Crippen LogP contribution in [0.25, 0.3) is 0 Å². The van der Waals surface area contributed by atoms with E-state index in [2.05, 4.69) is 32.2 Å². The first-order valence-corrected chi connectivity index (χ1v) is 5.99. The van der Waals surface area contributed by atoms with E-state index in [1.54, 1.807) is 0 Å². The zero-order valence-electron chi connectivity index (χ0n) is 11.1. The van der Waals surface area contributed by atoms with Crippen LogP contribution in [0.3, 0.4) is 0 Å². The van der Waals surface area contributed by atoms with Gasteiger partial charge in [0, 0.05) is 0 Å². The normalized spacial score (nSPS) is 14.8. The van der Waals surface area contributed by atoms with Crippen LogP contribution in [0.5, 0.6) is 0 Å². The second kappa shape index (κ2) is 7.92. The van der Waals surface area contributed by atoms with E-state index >= 15 is 0 Å². The predicted octanol–water partition coefficient (Wildman–Crippen LogP) is 5.37. The van der Waals surface area contributed by atoms with Crippen molar-refractivity contribution < 1.29 is 0 Å². The second-order valence-corrected chi connectivity index (χ2v) is 3.91. The van der Waals surface area contributed by atoms with E-state index in [1.165, 1.54) is 11.1 Å². The van der Waals surface area contributed by atoms with Crippen LogP contribution in [0.2, 0.25) is 0 Å². The Hall–Kier alpha value is -1.30. The molecule has 0 aromatic heterocycles. The topological polar surface area (TPSA) is 0 Å². The van der Waals surface area contributed by atoms with E-state index in [0.717, 1.165) is 24.0 Å². The summed E-state index contributed by atoms with van der Waals surface area (Å²) in [6.07, 6.45) is 10.7. The van der Waals surface area contributed by atoms with E-state index in [4.69, 9.17) is 0 Å². The number of hydrogen-bond donors (Lipinski definition) is 0. The molecule has 0 saturated heterocycles. The first-order valence-electron chi connectivity index (χ1n) is 5.99. The molecule has 0 heteroatoms. The molecule has 0 aromatic rings. The molecule has 0 N–H and O–H groups in total. The monoisotopic (exact) mass is 216 g/mol. The summed E-state index contributed by atoms with van der Waals surface area (Å²) in [5.41, 5.74) is 4.96. The van der Waals surface area contributed by atoms with Crippen molar-refractivity contribution in [2.24, 2.45) is 0 Å². The Bertz CT molecular complexity index is 335. The van der Waals surface area contributed by atoms with Gasteiger partial charge >= 0.3 is 0 Å². The van der Waals surface area contributed by atoms with Crippen LogP contribution in [0.15, 0.2) is 59.8 Å². The molecule has 0 heterocycles. The van der Waals surface area contributed by atoms with Gasteiger partial charge < -0.3 is 0 Å². The van der Waals surface area contributed by atoms with Crippen LogP contribution >= 0.6 is 0 Å². The largest absolute Gasteiger partial charge is 0.0961 e. The van der Waals surface area contributed by atoms with Crippen LogP contribution in [0.4, 0.5) is 0 Å². The first kappa shape index (κ1) is 14.7. The summed E-state index contributed by atoms with van der Waals surface area (Å²) in [7, 11) is 0. The summed E-state index contributed by atoms with van der Waals surface area (Å²) in [6.45, 7) is 16.0. The highest BCUT2D eigenvalue weighted by atomic mass is 14.1. The fourth-order valence-electron chi connectivity index (χ4n) is 1.36. The average Bonchev–Trinajstić information content (AvgIpc) is 2.29. The van der Waals surface area contributed by atoms with E-state index in [-0.39, 0.29) is 0 Å². The van der Waals surface area contributed by atoms with Gasteiger partial charge in [0.05, 0.1) is 0 Å². The molecular weight excluding hydrogens is 192 g/mol. The van der Waals surface area contributed by atoms with Gasteiger partial charge in [-0.1, -0.05) is 62.5 Å². The van der Waals surface area contributed by atoms with Gasteiger partial charge in [-0.15, -0.1) is 0 Å². The van der Waals surface area contributed by atoms with Crippen LogP contribution in [0.1, 0.15) is 40.5 Å². The van der Waals surface area contributed by atoms with Gasteiger partial charge in [-0.05, 0) is 37.8 Å². The van der Waals surface area contributed by atoms with Crippen molar-refractivity contribution in [1.82, 2.24) is 0 Å². The minimum absolute atomic E-state index is 1.06. The summed E-state index contributed by atoms with van der Waals surface area (Å²) >= 11 is 0. The third kappa shape index (κ3) is 5.55. The summed E-state index contributed by atoms with van der Waals surface area (Å²) in [5, 5.41) is 0. The molecule has 0 saturated carbocycles. The van der Waals surface area contributed by atoms with E-state index < -0.39 is 0 Å². The minimum Gasteiger partial charge on any atom is -0.0961 e. The highest BCUT2D eigenvalue weighted by Gasteiger charge is 2.04. The molecule has 16 heavy (non-hydrogen) atoms. The second-order valence-electron chi connectivity index (χ2n) is 3.91. The van der Waals surface area contributed by atoms with Crippen molar-refractivity contribution in [3.8, 4) is 0 Å². The van der Waals surface area contributed by atoms with Gasteiger partial charge in [-0.2, -0.15) is 0 Å². The van der Waals surface area contributed by atoms with E-state index in [9.17, 15) is 0 Å². The molecule has 0 aromatic carbocycles. The fourth-order valence-corrected chi connectivity index (χ4v) is 1.36. The molecule has 1 rings (SSSR count). The molecular formula is C16H24. The minimum atomic E-state index is 1.06. The van der Waals surface area contributed by atoms with Crippen LogP contribution < -0.4 is 0 Å². The maximum absolute atomic E-state index is 4.05. The lowest BCUT2D eigenvalue weighted by Gasteiger charge is -2.11. The van der Waals surface area contributed by atoms with Gasteiger partial charge in [0.1, 0.15) is 0 Å². The van der Waals surface area contributed by atoms with Gasteiger partial charge in [0.15, 0.2) is 0 Å². The van der Waals surface area contributed by atoms with Crippen LogP contribution in [0, 0.1) is 0 Å². The molecule has 88 valence electrons. The third-order valence-electron chi connectivity index (χ3n) is 2.34. The Labute approximate surface area is 101 Å². The van der Waals surface area contributed by atoms with E-state index in [0.29, 0.717) is 0 Å². The Kier molecular flexibility index (Phi) is 7.28. The molecule has 0 nitrogen and oxygen atoms in total.